The minimum atomic E-state index is -4.60. The van der Waals surface area contributed by atoms with Crippen molar-refractivity contribution in [2.45, 2.75) is 12.6 Å². The largest absolute Gasteiger partial charge is 0.390 e. The van der Waals surface area contributed by atoms with Crippen molar-refractivity contribution in [3.05, 3.63) is 35.5 Å². The first-order valence-corrected chi connectivity index (χ1v) is 13.3. The van der Waals surface area contributed by atoms with Crippen LogP contribution in [0, 0.1) is 0 Å². The van der Waals surface area contributed by atoms with Gasteiger partial charge in [0.2, 0.25) is 16.0 Å². The molecule has 4 N–H and O–H groups in total. The third-order valence-corrected chi connectivity index (χ3v) is 7.90. The first-order valence-electron chi connectivity index (χ1n) is 10.4. The third kappa shape index (κ3) is 6.31. The predicted octanol–water partition coefficient (Wildman–Crippen LogP) is 3.61. The van der Waals surface area contributed by atoms with Crippen LogP contribution in [0.5, 0.6) is 0 Å². The van der Waals surface area contributed by atoms with Crippen molar-refractivity contribution in [1.29, 1.82) is 0 Å². The highest BCUT2D eigenvalue weighted by Gasteiger charge is 2.30. The van der Waals surface area contributed by atoms with Crippen LogP contribution in [0.15, 0.2) is 30.5 Å². The van der Waals surface area contributed by atoms with Gasteiger partial charge in [-0.3, -0.25) is 4.72 Å². The first kappa shape index (κ1) is 25.4. The molecule has 0 amide bonds. The Morgan fingerprint density at radius 1 is 1.20 bits per heavy atom. The number of alkyl halides is 3. The van der Waals surface area contributed by atoms with E-state index in [0.717, 1.165) is 31.3 Å². The van der Waals surface area contributed by atoms with Crippen LogP contribution in [-0.2, 0) is 10.0 Å². The highest BCUT2D eigenvalue weighted by molar-refractivity contribution is 7.92. The number of benzene rings is 1. The Balaban J connectivity index is 1.74. The summed E-state index contributed by atoms with van der Waals surface area (Å²) < 4.78 is 64.3. The van der Waals surface area contributed by atoms with Gasteiger partial charge in [-0.05, 0) is 12.1 Å². The minimum absolute atomic E-state index is 0.00326. The molecule has 35 heavy (non-hydrogen) atoms. The fourth-order valence-corrected chi connectivity index (χ4v) is 5.95. The number of nitrogen functional groups attached to an aromatic ring is 1. The van der Waals surface area contributed by atoms with Crippen molar-refractivity contribution in [3.8, 4) is 21.8 Å². The second kappa shape index (κ2) is 10.1. The molecular weight excluding hydrogens is 527 g/mol. The molecule has 3 heterocycles. The lowest BCUT2D eigenvalue weighted by molar-refractivity contribution is -0.129. The van der Waals surface area contributed by atoms with Crippen LogP contribution in [0.25, 0.3) is 21.8 Å². The van der Waals surface area contributed by atoms with Gasteiger partial charge in [-0.15, -0.1) is 0 Å². The summed E-state index contributed by atoms with van der Waals surface area (Å²) in [4.78, 5) is 15.7. The van der Waals surface area contributed by atoms with Crippen molar-refractivity contribution < 1.29 is 21.6 Å². The number of thiazole rings is 1. The average Bonchev–Trinajstić information content (AvgIpc) is 3.25. The van der Waals surface area contributed by atoms with E-state index in [1.54, 1.807) is 18.2 Å². The Morgan fingerprint density at radius 2 is 1.94 bits per heavy atom. The van der Waals surface area contributed by atoms with Gasteiger partial charge in [0.15, 0.2) is 5.13 Å². The van der Waals surface area contributed by atoms with Crippen molar-refractivity contribution >= 4 is 49.7 Å². The highest BCUT2D eigenvalue weighted by atomic mass is 35.5. The SMILES string of the molecule is Nc1nccc(-c2sc(N3CCNCC3)nc2-c2cccc(NS(=O)(=O)CCC(F)(F)F)c2Cl)n1. The van der Waals surface area contributed by atoms with Crippen LogP contribution in [-0.4, -0.2) is 61.5 Å². The molecule has 1 aromatic carbocycles. The van der Waals surface area contributed by atoms with Gasteiger partial charge in [0.25, 0.3) is 0 Å². The molecule has 0 aliphatic carbocycles. The van der Waals surface area contributed by atoms with E-state index in [9.17, 15) is 21.6 Å². The summed E-state index contributed by atoms with van der Waals surface area (Å²) in [5.41, 5.74) is 7.09. The number of sulfonamides is 1. The molecule has 0 spiro atoms. The van der Waals surface area contributed by atoms with Crippen molar-refractivity contribution in [2.75, 3.05) is 47.3 Å². The van der Waals surface area contributed by atoms with Crippen molar-refractivity contribution in [1.82, 2.24) is 20.3 Å². The summed E-state index contributed by atoms with van der Waals surface area (Å²) >= 11 is 7.94. The summed E-state index contributed by atoms with van der Waals surface area (Å²) in [5.74, 6) is -1.05. The molecule has 188 valence electrons. The topological polar surface area (TPSA) is 126 Å². The number of nitrogens with one attached hydrogen (secondary N) is 2. The number of piperazine rings is 1. The maximum Gasteiger partial charge on any atom is 0.390 e. The average molecular weight is 548 g/mol. The predicted molar refractivity (Wildman–Crippen MR) is 131 cm³/mol. The number of nitrogens with zero attached hydrogens (tertiary/aromatic N) is 4. The monoisotopic (exact) mass is 547 g/mol. The second-order valence-electron chi connectivity index (χ2n) is 7.66. The molecule has 9 nitrogen and oxygen atoms in total. The number of anilines is 3. The molecule has 4 rings (SSSR count). The Kier molecular flexibility index (Phi) is 7.35. The van der Waals surface area contributed by atoms with Gasteiger partial charge >= 0.3 is 6.18 Å². The Hall–Kier alpha value is -2.68. The third-order valence-electron chi connectivity index (χ3n) is 5.08. The summed E-state index contributed by atoms with van der Waals surface area (Å²) in [7, 11) is -4.29. The number of hydrogen-bond acceptors (Lipinski definition) is 9. The van der Waals surface area contributed by atoms with E-state index in [1.165, 1.54) is 23.6 Å². The van der Waals surface area contributed by atoms with Gasteiger partial charge in [-0.25, -0.2) is 23.4 Å². The zero-order valence-electron chi connectivity index (χ0n) is 18.1. The maximum atomic E-state index is 12.5. The van der Waals surface area contributed by atoms with Gasteiger partial charge in [-0.2, -0.15) is 13.2 Å². The van der Waals surface area contributed by atoms with E-state index in [1.807, 2.05) is 0 Å². The van der Waals surface area contributed by atoms with Crippen LogP contribution in [0.1, 0.15) is 6.42 Å². The molecule has 1 saturated heterocycles. The molecule has 0 radical (unpaired) electrons. The van der Waals surface area contributed by atoms with Crippen LogP contribution in [0.4, 0.5) is 29.9 Å². The van der Waals surface area contributed by atoms with E-state index in [0.29, 0.717) is 21.8 Å². The normalized spacial score (nSPS) is 14.8. The van der Waals surface area contributed by atoms with E-state index < -0.39 is 28.4 Å². The summed E-state index contributed by atoms with van der Waals surface area (Å²) in [5, 5.41) is 4.00. The van der Waals surface area contributed by atoms with Crippen molar-refractivity contribution in [2.24, 2.45) is 0 Å². The number of hydrogen-bond donors (Lipinski definition) is 3. The number of aromatic nitrogens is 3. The van der Waals surface area contributed by atoms with Gasteiger partial charge in [0, 0.05) is 37.9 Å². The first-order chi connectivity index (χ1) is 16.5. The van der Waals surface area contributed by atoms with Gasteiger partial charge in [0.1, 0.15) is 0 Å². The van der Waals surface area contributed by atoms with Crippen LogP contribution in [0.2, 0.25) is 5.02 Å². The van der Waals surface area contributed by atoms with Gasteiger partial charge in [-0.1, -0.05) is 35.1 Å². The number of halogens is 4. The molecule has 0 saturated carbocycles. The van der Waals surface area contributed by atoms with Crippen LogP contribution in [0.3, 0.4) is 0 Å². The molecule has 1 aliphatic heterocycles. The zero-order valence-corrected chi connectivity index (χ0v) is 20.5. The maximum absolute atomic E-state index is 12.5. The lowest BCUT2D eigenvalue weighted by Gasteiger charge is -2.26. The Bertz CT molecular complexity index is 1310. The van der Waals surface area contributed by atoms with Crippen LogP contribution < -0.4 is 20.7 Å². The Labute approximate surface area is 208 Å². The summed E-state index contributed by atoms with van der Waals surface area (Å²) in [6, 6.07) is 6.25. The van der Waals surface area contributed by atoms with E-state index in [4.69, 9.17) is 22.3 Å². The van der Waals surface area contributed by atoms with Crippen molar-refractivity contribution in [3.63, 3.8) is 0 Å². The summed E-state index contributed by atoms with van der Waals surface area (Å²) in [6.07, 6.45) is -4.56. The molecule has 1 fully saturated rings. The van der Waals surface area contributed by atoms with Gasteiger partial charge in [0.05, 0.1) is 39.1 Å². The second-order valence-corrected chi connectivity index (χ2v) is 10.9. The minimum Gasteiger partial charge on any atom is -0.368 e. The molecule has 3 aromatic rings. The van der Waals surface area contributed by atoms with Gasteiger partial charge < -0.3 is 16.0 Å². The molecule has 15 heteroatoms. The fourth-order valence-electron chi connectivity index (χ4n) is 3.42. The quantitative estimate of drug-likeness (QED) is 0.409. The molecule has 1 aliphatic rings. The van der Waals surface area contributed by atoms with Crippen LogP contribution >= 0.6 is 22.9 Å². The molecule has 2 aromatic heterocycles. The smallest absolute Gasteiger partial charge is 0.368 e. The number of rotatable bonds is 7. The van der Waals surface area contributed by atoms with E-state index in [2.05, 4.69) is 24.9 Å². The fraction of sp³-hybridized carbons (Fsp3) is 0.350. The summed E-state index contributed by atoms with van der Waals surface area (Å²) in [6.45, 7) is 3.07. The lowest BCUT2D eigenvalue weighted by Crippen LogP contribution is -2.43. The molecule has 0 unspecified atom stereocenters. The highest BCUT2D eigenvalue weighted by Crippen LogP contribution is 2.43. The van der Waals surface area contributed by atoms with E-state index in [-0.39, 0.29) is 16.7 Å². The molecular formula is C20H21ClF3N7O2S2. The standard InChI is InChI=1S/C20H21ClF3N7O2S2/c21-15-12(2-1-3-13(15)30-35(32,33)11-5-20(22,23)24)16-17(14-4-6-27-18(25)28-14)34-19(29-16)31-9-7-26-8-10-31/h1-4,6,26,30H,5,7-11H2,(H2,25,27,28). The molecule has 0 bridgehead atoms. The number of nitrogens with two attached hydrogens (primary N) is 1. The zero-order chi connectivity index (χ0) is 25.2. The van der Waals surface area contributed by atoms with E-state index >= 15 is 0 Å². The lowest BCUT2D eigenvalue weighted by atomic mass is 10.1. The Morgan fingerprint density at radius 3 is 2.63 bits per heavy atom. The molecule has 0 atom stereocenters.